The summed E-state index contributed by atoms with van der Waals surface area (Å²) in [5, 5.41) is 0. The average Bonchev–Trinajstić information content (AvgIpc) is 3.24. The molecule has 2 aromatic heterocycles. The number of aryl methyl sites for hydroxylation is 1. The summed E-state index contributed by atoms with van der Waals surface area (Å²) in [7, 11) is 2.11. The molecule has 0 N–H and O–H groups in total. The maximum atomic E-state index is 5.03. The highest BCUT2D eigenvalue weighted by molar-refractivity contribution is 6.00. The van der Waals surface area contributed by atoms with Crippen LogP contribution in [0.4, 0.5) is 11.8 Å². The van der Waals surface area contributed by atoms with Gasteiger partial charge in [0.15, 0.2) is 5.52 Å². The molecular formula is C20H23N4+. The third-order valence-electron chi connectivity index (χ3n) is 6.01. The van der Waals surface area contributed by atoms with Crippen LogP contribution in [-0.4, -0.2) is 19.8 Å². The number of imidazole rings is 1. The smallest absolute Gasteiger partial charge is 0.286 e. The molecule has 4 heteroatoms. The fourth-order valence-electron chi connectivity index (χ4n) is 4.79. The van der Waals surface area contributed by atoms with Crippen LogP contribution in [0.2, 0.25) is 0 Å². The summed E-state index contributed by atoms with van der Waals surface area (Å²) in [6.07, 6.45) is 8.48. The van der Waals surface area contributed by atoms with Crippen LogP contribution in [0, 0.1) is 0 Å². The van der Waals surface area contributed by atoms with Crippen molar-refractivity contribution in [2.24, 2.45) is 7.05 Å². The van der Waals surface area contributed by atoms with E-state index in [9.17, 15) is 0 Å². The molecule has 1 saturated carbocycles. The molecule has 24 heavy (non-hydrogen) atoms. The molecule has 122 valence electrons. The van der Waals surface area contributed by atoms with Crippen LogP contribution in [0.25, 0.3) is 11.0 Å². The fraction of sp³-hybridized carbons (Fsp3) is 0.400. The van der Waals surface area contributed by atoms with Crippen molar-refractivity contribution in [2.75, 3.05) is 0 Å². The molecule has 0 atom stereocenters. The van der Waals surface area contributed by atoms with Gasteiger partial charge in [0.25, 0.3) is 0 Å². The molecule has 0 radical (unpaired) electrons. The number of rotatable bonds is 1. The van der Waals surface area contributed by atoms with Crippen LogP contribution in [0.5, 0.6) is 0 Å². The summed E-state index contributed by atoms with van der Waals surface area (Å²) >= 11 is 0. The Kier molecular flexibility index (Phi) is 2.82. The van der Waals surface area contributed by atoms with Crippen LogP contribution in [0.3, 0.4) is 0 Å². The molecule has 1 aliphatic carbocycles. The number of para-hydroxylation sites is 2. The minimum absolute atomic E-state index is 0.0912. The van der Waals surface area contributed by atoms with E-state index in [2.05, 4.69) is 70.3 Å². The first-order valence-corrected chi connectivity index (χ1v) is 8.96. The van der Waals surface area contributed by atoms with Gasteiger partial charge in [0, 0.05) is 19.3 Å². The highest BCUT2D eigenvalue weighted by Gasteiger charge is 2.50. The van der Waals surface area contributed by atoms with Crippen LogP contribution >= 0.6 is 0 Å². The highest BCUT2D eigenvalue weighted by Crippen LogP contribution is 2.46. The predicted molar refractivity (Wildman–Crippen MR) is 98.3 cm³/mol. The fourth-order valence-corrected chi connectivity index (χ4v) is 4.79. The van der Waals surface area contributed by atoms with E-state index >= 15 is 0 Å². The number of nitrogens with zero attached hydrogens (tertiary/aromatic N) is 4. The Morgan fingerprint density at radius 2 is 1.83 bits per heavy atom. The van der Waals surface area contributed by atoms with Crippen molar-refractivity contribution >= 4 is 28.5 Å². The molecule has 3 aromatic rings. The molecular weight excluding hydrogens is 296 g/mol. The molecule has 0 saturated heterocycles. The van der Waals surface area contributed by atoms with Crippen LogP contribution in [0.1, 0.15) is 39.0 Å². The molecule has 1 fully saturated rings. The van der Waals surface area contributed by atoms with E-state index in [1.165, 1.54) is 49.2 Å². The molecule has 1 spiro atoms. The van der Waals surface area contributed by atoms with Crippen molar-refractivity contribution in [1.82, 2.24) is 18.7 Å². The predicted octanol–water partition coefficient (Wildman–Crippen LogP) is 4.34. The number of hydrogen-bond acceptors (Lipinski definition) is 1. The Morgan fingerprint density at radius 1 is 1.04 bits per heavy atom. The highest BCUT2D eigenvalue weighted by atomic mass is 15.4. The third-order valence-corrected chi connectivity index (χ3v) is 6.01. The van der Waals surface area contributed by atoms with Crippen LogP contribution in [0.15, 0.2) is 42.6 Å². The summed E-state index contributed by atoms with van der Waals surface area (Å²) in [5.41, 5.74) is 3.89. The van der Waals surface area contributed by atoms with E-state index in [-0.39, 0.29) is 5.54 Å². The first-order chi connectivity index (χ1) is 11.7. The Hall–Kier alpha value is -2.36. The first kappa shape index (κ1) is 14.0. The van der Waals surface area contributed by atoms with Gasteiger partial charge >= 0.3 is 5.95 Å². The molecule has 2 aliphatic rings. The van der Waals surface area contributed by atoms with Gasteiger partial charge < -0.3 is 0 Å². The zero-order chi connectivity index (χ0) is 16.3. The van der Waals surface area contributed by atoms with E-state index in [0.29, 0.717) is 0 Å². The van der Waals surface area contributed by atoms with Crippen molar-refractivity contribution in [3.63, 3.8) is 0 Å². The van der Waals surface area contributed by atoms with Crippen molar-refractivity contribution in [3.05, 3.63) is 42.6 Å². The SMILES string of the molecule is CC1=[N+](c2cccn2C)c2nc3ccccc3n2C12CCCCC2. The van der Waals surface area contributed by atoms with Crippen LogP contribution in [-0.2, 0) is 12.6 Å². The normalized spacial score (nSPS) is 19.4. The molecule has 0 amide bonds. The lowest BCUT2D eigenvalue weighted by molar-refractivity contribution is 0.298. The summed E-state index contributed by atoms with van der Waals surface area (Å²) in [6, 6.07) is 12.9. The average molecular weight is 319 g/mol. The topological polar surface area (TPSA) is 25.8 Å². The number of hydrogen-bond donors (Lipinski definition) is 0. The van der Waals surface area contributed by atoms with Crippen molar-refractivity contribution in [3.8, 4) is 0 Å². The molecule has 1 aromatic carbocycles. The number of benzene rings is 1. The summed E-state index contributed by atoms with van der Waals surface area (Å²) in [4.78, 5) is 5.03. The number of aromatic nitrogens is 3. The minimum atomic E-state index is 0.0912. The third kappa shape index (κ3) is 1.63. The maximum Gasteiger partial charge on any atom is 0.360 e. The van der Waals surface area contributed by atoms with E-state index in [4.69, 9.17) is 4.98 Å². The van der Waals surface area contributed by atoms with Gasteiger partial charge in [-0.2, -0.15) is 4.58 Å². The minimum Gasteiger partial charge on any atom is -0.286 e. The molecule has 1 aliphatic heterocycles. The van der Waals surface area contributed by atoms with Gasteiger partial charge in [-0.15, -0.1) is 4.98 Å². The summed E-state index contributed by atoms with van der Waals surface area (Å²) in [6.45, 7) is 2.31. The van der Waals surface area contributed by atoms with Gasteiger partial charge in [-0.25, -0.2) is 4.57 Å². The van der Waals surface area contributed by atoms with Gasteiger partial charge in [-0.05, 0) is 50.8 Å². The Morgan fingerprint density at radius 3 is 2.58 bits per heavy atom. The Bertz CT molecular complexity index is 967. The van der Waals surface area contributed by atoms with Gasteiger partial charge in [0.1, 0.15) is 11.1 Å². The second-order valence-corrected chi connectivity index (χ2v) is 7.23. The summed E-state index contributed by atoms with van der Waals surface area (Å²) < 4.78 is 7.10. The van der Waals surface area contributed by atoms with Gasteiger partial charge in [0.05, 0.1) is 5.71 Å². The van der Waals surface area contributed by atoms with Crippen molar-refractivity contribution in [1.29, 1.82) is 0 Å². The molecule has 3 heterocycles. The van der Waals surface area contributed by atoms with E-state index in [1.54, 1.807) is 0 Å². The zero-order valence-corrected chi connectivity index (χ0v) is 14.4. The van der Waals surface area contributed by atoms with Gasteiger partial charge in [-0.1, -0.05) is 18.6 Å². The lowest BCUT2D eigenvalue weighted by Gasteiger charge is -2.33. The van der Waals surface area contributed by atoms with Crippen molar-refractivity contribution < 1.29 is 0 Å². The lowest BCUT2D eigenvalue weighted by atomic mass is 9.78. The largest absolute Gasteiger partial charge is 0.360 e. The van der Waals surface area contributed by atoms with E-state index in [1.807, 2.05) is 0 Å². The maximum absolute atomic E-state index is 5.03. The van der Waals surface area contributed by atoms with Gasteiger partial charge in [0.2, 0.25) is 5.82 Å². The standard InChI is InChI=1S/C20H23N4/c1-15-20(12-6-3-7-13-20)24-17-10-5-4-9-16(17)21-19(24)23(15)18-11-8-14-22(18)2/h4-5,8-11,14H,3,6-7,12-13H2,1-2H3/q+1. The number of fused-ring (bicyclic) bond motifs is 4. The van der Waals surface area contributed by atoms with E-state index < -0.39 is 0 Å². The molecule has 0 unspecified atom stereocenters. The Balaban J connectivity index is 1.87. The molecule has 0 bridgehead atoms. The second kappa shape index (κ2) is 4.82. The second-order valence-electron chi connectivity index (χ2n) is 7.23. The zero-order valence-electron chi connectivity index (χ0n) is 14.4. The first-order valence-electron chi connectivity index (χ1n) is 8.96. The Labute approximate surface area is 142 Å². The summed E-state index contributed by atoms with van der Waals surface area (Å²) in [5.74, 6) is 2.28. The van der Waals surface area contributed by atoms with E-state index in [0.717, 1.165) is 11.5 Å². The lowest BCUT2D eigenvalue weighted by Crippen LogP contribution is -2.40. The van der Waals surface area contributed by atoms with Gasteiger partial charge in [-0.3, -0.25) is 4.57 Å². The quantitative estimate of drug-likeness (QED) is 0.613. The monoisotopic (exact) mass is 319 g/mol. The molecule has 5 rings (SSSR count). The van der Waals surface area contributed by atoms with Crippen LogP contribution < -0.4 is 4.58 Å². The van der Waals surface area contributed by atoms with Crippen molar-refractivity contribution in [2.45, 2.75) is 44.6 Å². The molecule has 4 nitrogen and oxygen atoms in total.